The Morgan fingerprint density at radius 3 is 2.45 bits per heavy atom. The molecule has 0 aliphatic heterocycles. The van der Waals surface area contributed by atoms with Gasteiger partial charge in [0.15, 0.2) is 0 Å². The third-order valence-electron chi connectivity index (χ3n) is 2.96. The monoisotopic (exact) mass is 297 g/mol. The van der Waals surface area contributed by atoms with E-state index in [1.807, 2.05) is 26.0 Å². The van der Waals surface area contributed by atoms with Gasteiger partial charge in [-0.1, -0.05) is 36.8 Å². The number of benzene rings is 1. The van der Waals surface area contributed by atoms with Crippen LogP contribution in [-0.4, -0.2) is 26.2 Å². The third kappa shape index (κ3) is 5.45. The summed E-state index contributed by atoms with van der Waals surface area (Å²) in [7, 11) is -3.57. The molecule has 0 fully saturated rings. The van der Waals surface area contributed by atoms with Crippen molar-refractivity contribution in [2.24, 2.45) is 0 Å². The van der Waals surface area contributed by atoms with E-state index in [0.29, 0.717) is 6.42 Å². The van der Waals surface area contributed by atoms with Crippen LogP contribution in [0.5, 0.6) is 0 Å². The van der Waals surface area contributed by atoms with Crippen molar-refractivity contribution in [2.75, 3.05) is 6.61 Å². The summed E-state index contributed by atoms with van der Waals surface area (Å²) in [4.78, 5) is 0.227. The third-order valence-corrected chi connectivity index (χ3v) is 4.49. The van der Waals surface area contributed by atoms with Gasteiger partial charge in [-0.15, -0.1) is 0 Å². The summed E-state index contributed by atoms with van der Waals surface area (Å²) in [6.07, 6.45) is 6.32. The van der Waals surface area contributed by atoms with E-state index in [2.05, 4.69) is 4.72 Å². The van der Waals surface area contributed by atoms with E-state index in [-0.39, 0.29) is 11.5 Å². The van der Waals surface area contributed by atoms with Crippen LogP contribution in [0.4, 0.5) is 0 Å². The Kier molecular flexibility index (Phi) is 6.91. The Labute approximate surface area is 121 Å². The highest BCUT2D eigenvalue weighted by molar-refractivity contribution is 7.89. The summed E-state index contributed by atoms with van der Waals surface area (Å²) in [5.41, 5.74) is 1.01. The maximum Gasteiger partial charge on any atom is 0.240 e. The number of aliphatic hydroxyl groups excluding tert-OH is 1. The number of hydrogen-bond donors (Lipinski definition) is 2. The van der Waals surface area contributed by atoms with Crippen LogP contribution in [-0.2, 0) is 10.0 Å². The second-order valence-electron chi connectivity index (χ2n) is 4.77. The van der Waals surface area contributed by atoms with Gasteiger partial charge < -0.3 is 5.11 Å². The molecule has 112 valence electrons. The molecule has 0 saturated heterocycles. The Morgan fingerprint density at radius 2 is 1.90 bits per heavy atom. The predicted molar refractivity (Wildman–Crippen MR) is 81.0 cm³/mol. The minimum absolute atomic E-state index is 0.203. The zero-order chi connectivity index (χ0) is 15.0. The fourth-order valence-corrected chi connectivity index (χ4v) is 3.04. The summed E-state index contributed by atoms with van der Waals surface area (Å²) in [6, 6.07) is 6.20. The fourth-order valence-electron chi connectivity index (χ4n) is 1.77. The van der Waals surface area contributed by atoms with E-state index < -0.39 is 16.1 Å². The summed E-state index contributed by atoms with van der Waals surface area (Å²) >= 11 is 0. The lowest BCUT2D eigenvalue weighted by Gasteiger charge is -2.15. The van der Waals surface area contributed by atoms with Gasteiger partial charge in [0, 0.05) is 6.04 Å². The molecule has 20 heavy (non-hydrogen) atoms. The van der Waals surface area contributed by atoms with E-state index in [1.54, 1.807) is 24.3 Å². The fraction of sp³-hybridized carbons (Fsp3) is 0.467. The van der Waals surface area contributed by atoms with Gasteiger partial charge in [0.25, 0.3) is 0 Å². The van der Waals surface area contributed by atoms with Crippen LogP contribution in [0.25, 0.3) is 0 Å². The highest BCUT2D eigenvalue weighted by Gasteiger charge is 2.18. The van der Waals surface area contributed by atoms with Gasteiger partial charge in [-0.3, -0.25) is 0 Å². The maximum absolute atomic E-state index is 12.2. The van der Waals surface area contributed by atoms with Gasteiger partial charge in [0.1, 0.15) is 0 Å². The van der Waals surface area contributed by atoms with E-state index in [9.17, 15) is 13.5 Å². The van der Waals surface area contributed by atoms with Crippen LogP contribution >= 0.6 is 0 Å². The van der Waals surface area contributed by atoms with Gasteiger partial charge in [-0.05, 0) is 38.3 Å². The molecule has 0 aliphatic rings. The molecule has 1 rings (SSSR count). The van der Waals surface area contributed by atoms with Crippen LogP contribution in [0.3, 0.4) is 0 Å². The molecule has 1 aromatic carbocycles. The predicted octanol–water partition coefficient (Wildman–Crippen LogP) is 2.38. The SMILES string of the molecule is CC/C=C\CCC(CO)NS(=O)(=O)c1ccc(C)cc1. The largest absolute Gasteiger partial charge is 0.395 e. The van der Waals surface area contributed by atoms with Crippen molar-refractivity contribution in [3.8, 4) is 0 Å². The molecule has 1 atom stereocenters. The second-order valence-corrected chi connectivity index (χ2v) is 6.48. The van der Waals surface area contributed by atoms with Crippen molar-refractivity contribution in [1.82, 2.24) is 4.72 Å². The lowest BCUT2D eigenvalue weighted by atomic mass is 10.2. The zero-order valence-electron chi connectivity index (χ0n) is 12.0. The smallest absolute Gasteiger partial charge is 0.240 e. The van der Waals surface area contributed by atoms with E-state index in [1.165, 1.54) is 0 Å². The number of nitrogens with one attached hydrogen (secondary N) is 1. The average Bonchev–Trinajstić information content (AvgIpc) is 2.42. The van der Waals surface area contributed by atoms with E-state index >= 15 is 0 Å². The maximum atomic E-state index is 12.2. The summed E-state index contributed by atoms with van der Waals surface area (Å²) < 4.78 is 26.9. The minimum Gasteiger partial charge on any atom is -0.395 e. The topological polar surface area (TPSA) is 66.4 Å². The standard InChI is InChI=1S/C15H23NO3S/c1-3-4-5-6-7-14(12-17)16-20(18,19)15-10-8-13(2)9-11-15/h4-5,8-11,14,16-17H,3,6-7,12H2,1-2H3/b5-4-. The number of allylic oxidation sites excluding steroid dienone is 2. The Morgan fingerprint density at radius 1 is 1.25 bits per heavy atom. The van der Waals surface area contributed by atoms with Crippen molar-refractivity contribution in [3.63, 3.8) is 0 Å². The molecule has 4 nitrogen and oxygen atoms in total. The highest BCUT2D eigenvalue weighted by Crippen LogP contribution is 2.11. The molecule has 0 radical (unpaired) electrons. The first-order valence-electron chi connectivity index (χ1n) is 6.84. The summed E-state index contributed by atoms with van der Waals surface area (Å²) in [5.74, 6) is 0. The van der Waals surface area contributed by atoms with Gasteiger partial charge in [0.2, 0.25) is 10.0 Å². The Bertz CT molecular complexity index is 521. The normalized spacial score (nSPS) is 13.8. The van der Waals surface area contributed by atoms with Crippen LogP contribution in [0.15, 0.2) is 41.3 Å². The molecule has 0 spiro atoms. The van der Waals surface area contributed by atoms with E-state index in [0.717, 1.165) is 18.4 Å². The van der Waals surface area contributed by atoms with Crippen LogP contribution in [0.1, 0.15) is 31.7 Å². The number of sulfonamides is 1. The first-order chi connectivity index (χ1) is 9.49. The number of aryl methyl sites for hydroxylation is 1. The van der Waals surface area contributed by atoms with Crippen LogP contribution in [0, 0.1) is 6.92 Å². The first kappa shape index (κ1) is 16.9. The van der Waals surface area contributed by atoms with Gasteiger partial charge >= 0.3 is 0 Å². The molecule has 0 aromatic heterocycles. The summed E-state index contributed by atoms with van der Waals surface area (Å²) in [5, 5.41) is 9.29. The van der Waals surface area contributed by atoms with Crippen molar-refractivity contribution in [1.29, 1.82) is 0 Å². The first-order valence-corrected chi connectivity index (χ1v) is 8.32. The second kappa shape index (κ2) is 8.19. The molecule has 0 saturated carbocycles. The number of hydrogen-bond acceptors (Lipinski definition) is 3. The Hall–Kier alpha value is -1.17. The molecular formula is C15H23NO3S. The Balaban J connectivity index is 2.67. The van der Waals surface area contributed by atoms with Crippen molar-refractivity contribution < 1.29 is 13.5 Å². The zero-order valence-corrected chi connectivity index (χ0v) is 12.9. The minimum atomic E-state index is -3.57. The molecule has 1 aromatic rings. The molecule has 5 heteroatoms. The lowest BCUT2D eigenvalue weighted by molar-refractivity contribution is 0.251. The molecule has 0 aliphatic carbocycles. The molecule has 2 N–H and O–H groups in total. The number of rotatable bonds is 8. The van der Waals surface area contributed by atoms with Gasteiger partial charge in [-0.25, -0.2) is 13.1 Å². The molecule has 0 bridgehead atoms. The van der Waals surface area contributed by atoms with Crippen LogP contribution < -0.4 is 4.72 Å². The molecular weight excluding hydrogens is 274 g/mol. The molecule has 0 amide bonds. The molecule has 0 heterocycles. The van der Waals surface area contributed by atoms with E-state index in [4.69, 9.17) is 0 Å². The lowest BCUT2D eigenvalue weighted by Crippen LogP contribution is -2.37. The van der Waals surface area contributed by atoms with Gasteiger partial charge in [0.05, 0.1) is 11.5 Å². The molecule has 1 unspecified atom stereocenters. The van der Waals surface area contributed by atoms with Crippen molar-refractivity contribution >= 4 is 10.0 Å². The van der Waals surface area contributed by atoms with Crippen LogP contribution in [0.2, 0.25) is 0 Å². The highest BCUT2D eigenvalue weighted by atomic mass is 32.2. The summed E-state index contributed by atoms with van der Waals surface area (Å²) in [6.45, 7) is 3.74. The van der Waals surface area contributed by atoms with Crippen molar-refractivity contribution in [2.45, 2.75) is 44.0 Å². The number of aliphatic hydroxyl groups is 1. The average molecular weight is 297 g/mol. The van der Waals surface area contributed by atoms with Gasteiger partial charge in [-0.2, -0.15) is 0 Å². The quantitative estimate of drug-likeness (QED) is 0.724. The van der Waals surface area contributed by atoms with Crippen molar-refractivity contribution in [3.05, 3.63) is 42.0 Å².